The minimum Gasteiger partial charge on any atom is -0.488 e. The van der Waals surface area contributed by atoms with E-state index in [1.54, 1.807) is 6.07 Å². The maximum atomic E-state index is 13.3. The lowest BCUT2D eigenvalue weighted by molar-refractivity contribution is 0.304. The molecular formula is C16H11ClF2O2. The number of benzene rings is 2. The molecule has 0 bridgehead atoms. The van der Waals surface area contributed by atoms with Crippen molar-refractivity contribution in [1.29, 1.82) is 0 Å². The SMILES string of the molecule is OCC#Cc1cc(F)ccc1OCc1ccc(Cl)c(F)c1. The van der Waals surface area contributed by atoms with Crippen LogP contribution >= 0.6 is 11.6 Å². The summed E-state index contributed by atoms with van der Waals surface area (Å²) in [5.74, 6) is 4.40. The van der Waals surface area contributed by atoms with E-state index in [4.69, 9.17) is 21.4 Å². The minimum absolute atomic E-state index is 0.0371. The molecule has 2 rings (SSSR count). The molecule has 5 heteroatoms. The van der Waals surface area contributed by atoms with Gasteiger partial charge in [-0.05, 0) is 35.9 Å². The first-order chi connectivity index (χ1) is 10.1. The van der Waals surface area contributed by atoms with Crippen molar-refractivity contribution in [3.05, 3.63) is 64.2 Å². The maximum absolute atomic E-state index is 13.3. The van der Waals surface area contributed by atoms with Gasteiger partial charge in [0.05, 0.1) is 10.6 Å². The molecule has 0 spiro atoms. The highest BCUT2D eigenvalue weighted by atomic mass is 35.5. The van der Waals surface area contributed by atoms with Gasteiger partial charge in [-0.15, -0.1) is 0 Å². The average molecular weight is 309 g/mol. The van der Waals surface area contributed by atoms with Crippen LogP contribution in [0.25, 0.3) is 0 Å². The molecule has 0 unspecified atom stereocenters. The van der Waals surface area contributed by atoms with Crippen molar-refractivity contribution in [3.8, 4) is 17.6 Å². The van der Waals surface area contributed by atoms with Crippen LogP contribution in [0.2, 0.25) is 5.02 Å². The van der Waals surface area contributed by atoms with Gasteiger partial charge in [-0.2, -0.15) is 0 Å². The molecule has 2 aromatic rings. The van der Waals surface area contributed by atoms with E-state index in [1.807, 2.05) is 0 Å². The lowest BCUT2D eigenvalue weighted by Crippen LogP contribution is -1.98. The van der Waals surface area contributed by atoms with Crippen LogP contribution in [0.4, 0.5) is 8.78 Å². The Hall–Kier alpha value is -2.09. The second kappa shape index (κ2) is 7.07. The molecule has 0 saturated carbocycles. The molecule has 1 N–H and O–H groups in total. The van der Waals surface area contributed by atoms with Crippen LogP contribution in [-0.2, 0) is 6.61 Å². The fourth-order valence-corrected chi connectivity index (χ4v) is 1.77. The molecule has 0 aliphatic rings. The number of hydrogen-bond acceptors (Lipinski definition) is 2. The van der Waals surface area contributed by atoms with Gasteiger partial charge in [0.25, 0.3) is 0 Å². The lowest BCUT2D eigenvalue weighted by Gasteiger charge is -2.09. The van der Waals surface area contributed by atoms with Crippen molar-refractivity contribution in [2.45, 2.75) is 6.61 Å². The van der Waals surface area contributed by atoms with Gasteiger partial charge < -0.3 is 9.84 Å². The minimum atomic E-state index is -0.530. The number of aliphatic hydroxyl groups is 1. The summed E-state index contributed by atoms with van der Waals surface area (Å²) >= 11 is 5.60. The van der Waals surface area contributed by atoms with Crippen LogP contribution in [0.1, 0.15) is 11.1 Å². The summed E-state index contributed by atoms with van der Waals surface area (Å²) < 4.78 is 32.0. The van der Waals surface area contributed by atoms with Gasteiger partial charge in [0.2, 0.25) is 0 Å². The van der Waals surface area contributed by atoms with Gasteiger partial charge >= 0.3 is 0 Å². The third-order valence-corrected chi connectivity index (χ3v) is 2.93. The summed E-state index contributed by atoms with van der Waals surface area (Å²) in [4.78, 5) is 0. The quantitative estimate of drug-likeness (QED) is 0.879. The molecule has 21 heavy (non-hydrogen) atoms. The Labute approximate surface area is 125 Å². The fraction of sp³-hybridized carbons (Fsp3) is 0.125. The Morgan fingerprint density at radius 1 is 1.14 bits per heavy atom. The Kier molecular flexibility index (Phi) is 5.15. The molecule has 0 aromatic heterocycles. The van der Waals surface area contributed by atoms with Crippen molar-refractivity contribution in [2.24, 2.45) is 0 Å². The molecular weight excluding hydrogens is 298 g/mol. The number of ether oxygens (including phenoxy) is 1. The maximum Gasteiger partial charge on any atom is 0.142 e. The molecule has 108 valence electrons. The highest BCUT2D eigenvalue weighted by Crippen LogP contribution is 2.21. The standard InChI is InChI=1S/C16H11ClF2O2/c17-14-5-3-11(8-15(14)19)10-21-16-6-4-13(18)9-12(16)2-1-7-20/h3-6,8-9,20H,7,10H2. The predicted octanol–water partition coefficient (Wildman–Crippen LogP) is 3.54. The second-order valence-electron chi connectivity index (χ2n) is 4.14. The van der Waals surface area contributed by atoms with Crippen molar-refractivity contribution < 1.29 is 18.6 Å². The number of halogens is 3. The first-order valence-corrected chi connectivity index (χ1v) is 6.44. The monoisotopic (exact) mass is 308 g/mol. The predicted molar refractivity (Wildman–Crippen MR) is 76.1 cm³/mol. The molecule has 2 aromatic carbocycles. The third-order valence-electron chi connectivity index (χ3n) is 2.62. The molecule has 0 amide bonds. The summed E-state index contributed by atoms with van der Waals surface area (Å²) in [6.45, 7) is -0.244. The van der Waals surface area contributed by atoms with Crippen LogP contribution in [0.3, 0.4) is 0 Å². The van der Waals surface area contributed by atoms with Gasteiger partial charge in [-0.3, -0.25) is 0 Å². The first-order valence-electron chi connectivity index (χ1n) is 6.06. The molecule has 0 atom stereocenters. The molecule has 0 fully saturated rings. The Morgan fingerprint density at radius 2 is 1.95 bits per heavy atom. The van der Waals surface area contributed by atoms with Crippen LogP contribution in [0.15, 0.2) is 36.4 Å². The van der Waals surface area contributed by atoms with E-state index in [1.165, 1.54) is 30.3 Å². The molecule has 0 aliphatic carbocycles. The number of rotatable bonds is 3. The normalized spacial score (nSPS) is 9.90. The zero-order valence-corrected chi connectivity index (χ0v) is 11.6. The molecule has 0 radical (unpaired) electrons. The van der Waals surface area contributed by atoms with E-state index in [0.717, 1.165) is 0 Å². The van der Waals surface area contributed by atoms with Gasteiger partial charge in [0, 0.05) is 0 Å². The van der Waals surface area contributed by atoms with Gasteiger partial charge in [-0.25, -0.2) is 8.78 Å². The largest absolute Gasteiger partial charge is 0.488 e. The van der Waals surface area contributed by atoms with Crippen LogP contribution < -0.4 is 4.74 Å². The molecule has 2 nitrogen and oxygen atoms in total. The van der Waals surface area contributed by atoms with E-state index in [2.05, 4.69) is 11.8 Å². The highest BCUT2D eigenvalue weighted by molar-refractivity contribution is 6.30. The van der Waals surface area contributed by atoms with Gasteiger partial charge in [0.15, 0.2) is 0 Å². The van der Waals surface area contributed by atoms with E-state index < -0.39 is 11.6 Å². The second-order valence-corrected chi connectivity index (χ2v) is 4.54. The van der Waals surface area contributed by atoms with Crippen molar-refractivity contribution in [1.82, 2.24) is 0 Å². The van der Waals surface area contributed by atoms with Crippen LogP contribution in [0.5, 0.6) is 5.75 Å². The summed E-state index contributed by atoms with van der Waals surface area (Å²) in [5, 5.41) is 8.73. The van der Waals surface area contributed by atoms with Crippen LogP contribution in [-0.4, -0.2) is 11.7 Å². The van der Waals surface area contributed by atoms with E-state index >= 15 is 0 Å². The average Bonchev–Trinajstić information content (AvgIpc) is 2.47. The van der Waals surface area contributed by atoms with E-state index in [0.29, 0.717) is 16.9 Å². The molecule has 0 aliphatic heterocycles. The zero-order valence-electron chi connectivity index (χ0n) is 10.9. The van der Waals surface area contributed by atoms with E-state index in [9.17, 15) is 8.78 Å². The molecule has 0 heterocycles. The van der Waals surface area contributed by atoms with Crippen molar-refractivity contribution >= 4 is 11.6 Å². The summed E-state index contributed by atoms with van der Waals surface area (Å²) in [6.07, 6.45) is 0. The highest BCUT2D eigenvalue weighted by Gasteiger charge is 2.06. The van der Waals surface area contributed by atoms with E-state index in [-0.39, 0.29) is 18.2 Å². The Balaban J connectivity index is 2.17. The van der Waals surface area contributed by atoms with Crippen LogP contribution in [0, 0.1) is 23.5 Å². The fourth-order valence-electron chi connectivity index (χ4n) is 1.65. The first kappa shape index (κ1) is 15.3. The summed E-state index contributed by atoms with van der Waals surface area (Å²) in [6, 6.07) is 8.22. The zero-order chi connectivity index (χ0) is 15.2. The lowest BCUT2D eigenvalue weighted by atomic mass is 10.2. The third kappa shape index (κ3) is 4.19. The number of aliphatic hydroxyl groups excluding tert-OH is 1. The van der Waals surface area contributed by atoms with Gasteiger partial charge in [-0.1, -0.05) is 29.5 Å². The Bertz CT molecular complexity index is 705. The number of hydrogen-bond donors (Lipinski definition) is 1. The summed E-state index contributed by atoms with van der Waals surface area (Å²) in [7, 11) is 0. The smallest absolute Gasteiger partial charge is 0.142 e. The Morgan fingerprint density at radius 3 is 2.67 bits per heavy atom. The molecule has 0 saturated heterocycles. The summed E-state index contributed by atoms with van der Waals surface area (Å²) in [5.41, 5.74) is 0.903. The van der Waals surface area contributed by atoms with Crippen molar-refractivity contribution in [2.75, 3.05) is 6.61 Å². The van der Waals surface area contributed by atoms with Gasteiger partial charge in [0.1, 0.15) is 30.6 Å². The topological polar surface area (TPSA) is 29.5 Å². The van der Waals surface area contributed by atoms with Crippen molar-refractivity contribution in [3.63, 3.8) is 0 Å².